The quantitative estimate of drug-likeness (QED) is 0.733. The van der Waals surface area contributed by atoms with Gasteiger partial charge in [0, 0.05) is 23.7 Å². The third-order valence-electron chi connectivity index (χ3n) is 5.79. The van der Waals surface area contributed by atoms with Gasteiger partial charge in [-0.2, -0.15) is 0 Å². The Morgan fingerprint density at radius 3 is 2.90 bits per heavy atom. The highest BCUT2D eigenvalue weighted by atomic mass is 16.7. The minimum Gasteiger partial charge on any atom is -0.465 e. The van der Waals surface area contributed by atoms with Gasteiger partial charge in [-0.1, -0.05) is 19.8 Å². The second-order valence-corrected chi connectivity index (χ2v) is 6.59. The minimum absolute atomic E-state index is 0.130. The minimum atomic E-state index is -1.96. The topological polar surface area (TPSA) is 72.8 Å². The van der Waals surface area contributed by atoms with Crippen LogP contribution in [0.2, 0.25) is 0 Å². The molecule has 1 saturated heterocycles. The molecule has 1 spiro atoms. The van der Waals surface area contributed by atoms with E-state index in [9.17, 15) is 14.7 Å². The van der Waals surface area contributed by atoms with Gasteiger partial charge in [-0.15, -0.1) is 0 Å². The second-order valence-electron chi connectivity index (χ2n) is 6.59. The first-order valence-corrected chi connectivity index (χ1v) is 7.43. The third-order valence-corrected chi connectivity index (χ3v) is 5.79. The van der Waals surface area contributed by atoms with Crippen molar-refractivity contribution in [3.05, 3.63) is 0 Å². The van der Waals surface area contributed by atoms with Crippen LogP contribution in [0.4, 0.5) is 0 Å². The maximum Gasteiger partial charge on any atom is 0.366 e. The molecule has 1 N–H and O–H groups in total. The first-order valence-electron chi connectivity index (χ1n) is 7.43. The van der Waals surface area contributed by atoms with Gasteiger partial charge in [0.2, 0.25) is 0 Å². The smallest absolute Gasteiger partial charge is 0.366 e. The Morgan fingerprint density at radius 2 is 2.20 bits per heavy atom. The van der Waals surface area contributed by atoms with Gasteiger partial charge in [0.15, 0.2) is 0 Å². The molecule has 112 valence electrons. The molecule has 5 nitrogen and oxygen atoms in total. The number of aliphatic hydroxyl groups is 1. The van der Waals surface area contributed by atoms with Crippen LogP contribution in [0, 0.1) is 23.2 Å². The summed E-state index contributed by atoms with van der Waals surface area (Å²) in [5.41, 5.74) is -0.242. The summed E-state index contributed by atoms with van der Waals surface area (Å²) in [4.78, 5) is 24.3. The molecule has 0 bridgehead atoms. The molecular formula is C15H22O5. The summed E-state index contributed by atoms with van der Waals surface area (Å²) in [5, 5.41) is 10.7. The third kappa shape index (κ3) is 1.62. The van der Waals surface area contributed by atoms with Crippen molar-refractivity contribution in [3.8, 4) is 0 Å². The van der Waals surface area contributed by atoms with Crippen molar-refractivity contribution >= 4 is 11.8 Å². The lowest BCUT2D eigenvalue weighted by molar-refractivity contribution is -0.229. The fourth-order valence-electron chi connectivity index (χ4n) is 4.84. The Balaban J connectivity index is 2.05. The zero-order valence-corrected chi connectivity index (χ0v) is 12.1. The summed E-state index contributed by atoms with van der Waals surface area (Å²) in [5.74, 6) is -3.22. The number of hydrogen-bond acceptors (Lipinski definition) is 5. The van der Waals surface area contributed by atoms with Crippen molar-refractivity contribution in [2.75, 3.05) is 13.7 Å². The van der Waals surface area contributed by atoms with Crippen LogP contribution in [-0.4, -0.2) is 36.4 Å². The predicted molar refractivity (Wildman–Crippen MR) is 69.6 cm³/mol. The Hall–Kier alpha value is -0.940. The van der Waals surface area contributed by atoms with Crippen LogP contribution in [0.5, 0.6) is 0 Å². The fourth-order valence-corrected chi connectivity index (χ4v) is 4.84. The van der Waals surface area contributed by atoms with E-state index in [1.807, 2.05) is 6.92 Å². The van der Waals surface area contributed by atoms with E-state index < -0.39 is 17.7 Å². The van der Waals surface area contributed by atoms with Gasteiger partial charge in [0.1, 0.15) is 5.78 Å². The standard InChI is InChI=1S/C15H22O5/c1-9-11(16)7-10-5-3-4-6-14(10)8-20-15(18,12(9)14)13(17)19-2/h9-10,12,18H,3-8H2,1-2H3/t9-,10-,12+,14-,15+/m0/s1. The summed E-state index contributed by atoms with van der Waals surface area (Å²) in [6, 6.07) is 0. The largest absolute Gasteiger partial charge is 0.465 e. The Kier molecular flexibility index (Phi) is 3.18. The molecule has 0 aromatic heterocycles. The highest BCUT2D eigenvalue weighted by Gasteiger charge is 2.69. The molecule has 0 aromatic carbocycles. The number of esters is 1. The SMILES string of the molecule is COC(=O)[C@]1(O)OC[C@@]23CCCC[C@H]2CC(=O)[C@H](C)[C@H]31. The van der Waals surface area contributed by atoms with Crippen molar-refractivity contribution < 1.29 is 24.2 Å². The van der Waals surface area contributed by atoms with E-state index in [4.69, 9.17) is 9.47 Å². The van der Waals surface area contributed by atoms with Crippen molar-refractivity contribution in [1.82, 2.24) is 0 Å². The summed E-state index contributed by atoms with van der Waals surface area (Å²) in [6.07, 6.45) is 4.62. The average Bonchev–Trinajstić information content (AvgIpc) is 2.75. The van der Waals surface area contributed by atoms with E-state index in [1.54, 1.807) is 0 Å². The van der Waals surface area contributed by atoms with E-state index in [1.165, 1.54) is 7.11 Å². The number of Topliss-reactive ketones (excluding diaryl/α,β-unsaturated/α-hetero) is 1. The Morgan fingerprint density at radius 1 is 1.45 bits per heavy atom. The van der Waals surface area contributed by atoms with Crippen LogP contribution in [0.1, 0.15) is 39.0 Å². The van der Waals surface area contributed by atoms with Crippen molar-refractivity contribution in [2.45, 2.75) is 44.8 Å². The summed E-state index contributed by atoms with van der Waals surface area (Å²) < 4.78 is 10.3. The molecular weight excluding hydrogens is 260 g/mol. The van der Waals surface area contributed by atoms with Gasteiger partial charge in [-0.05, 0) is 18.8 Å². The molecule has 2 saturated carbocycles. The molecule has 0 aromatic rings. The van der Waals surface area contributed by atoms with Crippen LogP contribution in [0.3, 0.4) is 0 Å². The van der Waals surface area contributed by atoms with Crippen molar-refractivity contribution in [1.29, 1.82) is 0 Å². The second kappa shape index (κ2) is 4.53. The van der Waals surface area contributed by atoms with E-state index in [-0.39, 0.29) is 23.0 Å². The molecule has 0 amide bonds. The molecule has 1 heterocycles. The van der Waals surface area contributed by atoms with E-state index in [0.29, 0.717) is 13.0 Å². The molecule has 1 aliphatic heterocycles. The normalized spacial score (nSPS) is 47.5. The number of hydrogen-bond donors (Lipinski definition) is 1. The highest BCUT2D eigenvalue weighted by molar-refractivity contribution is 5.86. The van der Waals surface area contributed by atoms with Gasteiger partial charge in [0.05, 0.1) is 13.7 Å². The summed E-state index contributed by atoms with van der Waals surface area (Å²) >= 11 is 0. The first-order chi connectivity index (χ1) is 9.45. The molecule has 2 aliphatic carbocycles. The number of carbonyl (C=O) groups is 2. The number of carbonyl (C=O) groups excluding carboxylic acids is 2. The fraction of sp³-hybridized carbons (Fsp3) is 0.867. The molecule has 20 heavy (non-hydrogen) atoms. The van der Waals surface area contributed by atoms with Gasteiger partial charge < -0.3 is 14.6 Å². The zero-order chi connectivity index (χ0) is 14.5. The van der Waals surface area contributed by atoms with Gasteiger partial charge in [-0.3, -0.25) is 4.79 Å². The molecule has 3 rings (SSSR count). The number of rotatable bonds is 1. The van der Waals surface area contributed by atoms with Crippen LogP contribution in [0.25, 0.3) is 0 Å². The Labute approximate surface area is 118 Å². The molecule has 5 heteroatoms. The van der Waals surface area contributed by atoms with Crippen molar-refractivity contribution in [2.24, 2.45) is 23.2 Å². The van der Waals surface area contributed by atoms with Gasteiger partial charge >= 0.3 is 5.97 Å². The number of ether oxygens (including phenoxy) is 2. The Bertz CT molecular complexity index is 448. The maximum atomic E-state index is 12.3. The summed E-state index contributed by atoms with van der Waals surface area (Å²) in [6.45, 7) is 2.16. The lowest BCUT2D eigenvalue weighted by atomic mass is 9.51. The van der Waals surface area contributed by atoms with E-state index in [2.05, 4.69) is 0 Å². The highest BCUT2D eigenvalue weighted by Crippen LogP contribution is 2.61. The lowest BCUT2D eigenvalue weighted by Crippen LogP contribution is -2.57. The first kappa shape index (κ1) is 14.0. The average molecular weight is 282 g/mol. The molecule has 3 fully saturated rings. The molecule has 3 aliphatic rings. The molecule has 0 unspecified atom stereocenters. The predicted octanol–water partition coefficient (Wildman–Crippen LogP) is 1.28. The summed E-state index contributed by atoms with van der Waals surface area (Å²) in [7, 11) is 1.24. The lowest BCUT2D eigenvalue weighted by Gasteiger charge is -2.51. The van der Waals surface area contributed by atoms with Crippen LogP contribution in [-0.2, 0) is 19.1 Å². The van der Waals surface area contributed by atoms with Crippen LogP contribution in [0.15, 0.2) is 0 Å². The maximum absolute atomic E-state index is 12.3. The van der Waals surface area contributed by atoms with E-state index in [0.717, 1.165) is 25.7 Å². The van der Waals surface area contributed by atoms with Crippen LogP contribution >= 0.6 is 0 Å². The van der Waals surface area contributed by atoms with Gasteiger partial charge in [0.25, 0.3) is 5.79 Å². The number of methoxy groups -OCH3 is 1. The zero-order valence-electron chi connectivity index (χ0n) is 12.1. The van der Waals surface area contributed by atoms with Crippen LogP contribution < -0.4 is 0 Å². The molecule has 5 atom stereocenters. The monoisotopic (exact) mass is 282 g/mol. The van der Waals surface area contributed by atoms with Gasteiger partial charge in [-0.25, -0.2) is 4.79 Å². The van der Waals surface area contributed by atoms with Crippen molar-refractivity contribution in [3.63, 3.8) is 0 Å². The number of ketones is 1. The van der Waals surface area contributed by atoms with E-state index >= 15 is 0 Å². The molecule has 0 radical (unpaired) electrons.